The van der Waals surface area contributed by atoms with Gasteiger partial charge in [0.05, 0.1) is 11.5 Å². The van der Waals surface area contributed by atoms with Gasteiger partial charge in [-0.2, -0.15) is 0 Å². The Morgan fingerprint density at radius 1 is 0.400 bits per heavy atom. The first-order chi connectivity index (χ1) is 29.5. The number of rotatable bonds is 6. The van der Waals surface area contributed by atoms with E-state index in [4.69, 9.17) is 0 Å². The van der Waals surface area contributed by atoms with Crippen molar-refractivity contribution in [3.8, 4) is 33.4 Å². The number of hydrogen-bond acceptors (Lipinski definition) is 1. The second-order valence-electron chi connectivity index (χ2n) is 17.2. The maximum atomic E-state index is 2.63. The van der Waals surface area contributed by atoms with Crippen molar-refractivity contribution in [1.29, 1.82) is 0 Å². The van der Waals surface area contributed by atoms with Crippen LogP contribution in [0.5, 0.6) is 0 Å². The number of benzene rings is 8. The standard InChI is InChI=1S/C59H47N/c1-40-55(39-38-49-47-30-14-16-32-50(47)59(57(40)49)53-35-19-17-33-51(53)58(2,3)52-34-18-20-36-54(52)59)60(42-24-8-5-9-25-42)56-37-21-15-31-48(56)46-29-13-12-28-45(46)44-27-11-10-26-43(44)41-22-6-4-7-23-41/h4-40,55H,1-3H3. The lowest BCUT2D eigenvalue weighted by Gasteiger charge is -2.50. The number of anilines is 2. The predicted molar refractivity (Wildman–Crippen MR) is 252 cm³/mol. The van der Waals surface area contributed by atoms with Crippen LogP contribution in [0.15, 0.2) is 224 Å². The van der Waals surface area contributed by atoms with Gasteiger partial charge in [0.2, 0.25) is 0 Å². The summed E-state index contributed by atoms with van der Waals surface area (Å²) in [6.45, 7) is 7.31. The molecule has 2 atom stereocenters. The van der Waals surface area contributed by atoms with E-state index in [9.17, 15) is 0 Å². The molecule has 3 aliphatic rings. The van der Waals surface area contributed by atoms with Gasteiger partial charge in [0.1, 0.15) is 0 Å². The van der Waals surface area contributed by atoms with Crippen LogP contribution in [0.25, 0.3) is 39.0 Å². The Morgan fingerprint density at radius 2 is 0.833 bits per heavy atom. The summed E-state index contributed by atoms with van der Waals surface area (Å²) >= 11 is 0. The Kier molecular flexibility index (Phi) is 8.50. The monoisotopic (exact) mass is 769 g/mol. The summed E-state index contributed by atoms with van der Waals surface area (Å²) in [4.78, 5) is 2.63. The van der Waals surface area contributed by atoms with Crippen LogP contribution in [0.3, 0.4) is 0 Å². The molecule has 0 saturated heterocycles. The molecule has 0 fully saturated rings. The van der Waals surface area contributed by atoms with Crippen molar-refractivity contribution in [1.82, 2.24) is 0 Å². The molecule has 60 heavy (non-hydrogen) atoms. The van der Waals surface area contributed by atoms with Gasteiger partial charge < -0.3 is 4.90 Å². The van der Waals surface area contributed by atoms with E-state index in [0.29, 0.717) is 0 Å². The van der Waals surface area contributed by atoms with Crippen LogP contribution in [0, 0.1) is 5.92 Å². The zero-order chi connectivity index (χ0) is 40.4. The first-order valence-electron chi connectivity index (χ1n) is 21.4. The molecule has 2 unspecified atom stereocenters. The van der Waals surface area contributed by atoms with Gasteiger partial charge in [-0.05, 0) is 90.5 Å². The van der Waals surface area contributed by atoms with Crippen molar-refractivity contribution < 1.29 is 0 Å². The van der Waals surface area contributed by atoms with Crippen LogP contribution in [-0.4, -0.2) is 6.04 Å². The fourth-order valence-corrected chi connectivity index (χ4v) is 11.2. The summed E-state index contributed by atoms with van der Waals surface area (Å²) < 4.78 is 0. The van der Waals surface area contributed by atoms with E-state index < -0.39 is 5.41 Å². The second-order valence-corrected chi connectivity index (χ2v) is 17.2. The van der Waals surface area contributed by atoms with Crippen LogP contribution in [0.4, 0.5) is 11.4 Å². The van der Waals surface area contributed by atoms with E-state index in [1.165, 1.54) is 89.3 Å². The Balaban J connectivity index is 1.12. The van der Waals surface area contributed by atoms with Crippen molar-refractivity contribution in [3.05, 3.63) is 257 Å². The maximum absolute atomic E-state index is 2.63. The van der Waals surface area contributed by atoms with E-state index in [2.05, 4.69) is 244 Å². The molecule has 1 nitrogen and oxygen atoms in total. The van der Waals surface area contributed by atoms with Crippen LogP contribution in [0.2, 0.25) is 0 Å². The number of hydrogen-bond donors (Lipinski definition) is 0. The molecule has 3 aliphatic carbocycles. The summed E-state index contributed by atoms with van der Waals surface area (Å²) in [5, 5.41) is 0. The summed E-state index contributed by atoms with van der Waals surface area (Å²) in [5.41, 5.74) is 20.3. The molecule has 0 aliphatic heterocycles. The molecule has 11 rings (SSSR count). The molecule has 0 bridgehead atoms. The lowest BCUT2D eigenvalue weighted by Crippen LogP contribution is -2.46. The van der Waals surface area contributed by atoms with Crippen LogP contribution in [0.1, 0.15) is 54.2 Å². The van der Waals surface area contributed by atoms with Gasteiger partial charge in [0.25, 0.3) is 0 Å². The van der Waals surface area contributed by atoms with Crippen molar-refractivity contribution in [2.45, 2.75) is 37.6 Å². The molecular weight excluding hydrogens is 723 g/mol. The van der Waals surface area contributed by atoms with Crippen LogP contribution >= 0.6 is 0 Å². The number of fused-ring (bicyclic) bond motifs is 8. The Morgan fingerprint density at radius 3 is 1.45 bits per heavy atom. The summed E-state index contributed by atoms with van der Waals surface area (Å²) in [5.74, 6) is 0.127. The fourth-order valence-electron chi connectivity index (χ4n) is 11.2. The third kappa shape index (κ3) is 5.25. The molecule has 0 heterocycles. The van der Waals surface area contributed by atoms with Crippen LogP contribution in [-0.2, 0) is 10.8 Å². The van der Waals surface area contributed by atoms with Gasteiger partial charge in [0.15, 0.2) is 0 Å². The SMILES string of the molecule is CC1C2=C(C=CC1N(c1ccccc1)c1ccccc1-c1ccccc1-c1ccccc1-c1ccccc1)c1ccccc1C21c2ccccc2C(C)(C)c2ccccc21. The lowest BCUT2D eigenvalue weighted by atomic mass is 9.53. The van der Waals surface area contributed by atoms with E-state index in [1.807, 2.05) is 0 Å². The van der Waals surface area contributed by atoms with Gasteiger partial charge in [0, 0.05) is 28.3 Å². The van der Waals surface area contributed by atoms with E-state index in [0.717, 1.165) is 0 Å². The molecule has 0 radical (unpaired) electrons. The Bertz CT molecular complexity index is 2930. The fraction of sp³-hybridized carbons (Fsp3) is 0.119. The second kappa shape index (κ2) is 14.1. The molecule has 8 aromatic rings. The summed E-state index contributed by atoms with van der Waals surface area (Å²) in [7, 11) is 0. The highest BCUT2D eigenvalue weighted by molar-refractivity contribution is 5.97. The molecule has 8 aromatic carbocycles. The Hall–Kier alpha value is -6.96. The highest BCUT2D eigenvalue weighted by Crippen LogP contribution is 2.64. The summed E-state index contributed by atoms with van der Waals surface area (Å²) in [6, 6.07) is 76.5. The number of para-hydroxylation sites is 2. The first-order valence-corrected chi connectivity index (χ1v) is 21.4. The van der Waals surface area contributed by atoms with Gasteiger partial charge >= 0.3 is 0 Å². The minimum Gasteiger partial charge on any atom is -0.333 e. The lowest BCUT2D eigenvalue weighted by molar-refractivity contribution is 0.491. The summed E-state index contributed by atoms with van der Waals surface area (Å²) in [6.07, 6.45) is 4.95. The topological polar surface area (TPSA) is 3.24 Å². The maximum Gasteiger partial charge on any atom is 0.0685 e. The average Bonchev–Trinajstić information content (AvgIpc) is 3.61. The quantitative estimate of drug-likeness (QED) is 0.163. The van der Waals surface area contributed by atoms with Crippen molar-refractivity contribution >= 4 is 16.9 Å². The Labute approximate surface area is 354 Å². The largest absolute Gasteiger partial charge is 0.333 e. The van der Waals surface area contributed by atoms with E-state index in [1.54, 1.807) is 0 Å². The molecule has 288 valence electrons. The minimum absolute atomic E-state index is 0.0107. The van der Waals surface area contributed by atoms with Crippen molar-refractivity contribution in [3.63, 3.8) is 0 Å². The van der Waals surface area contributed by atoms with Gasteiger partial charge in [-0.1, -0.05) is 221 Å². The average molecular weight is 770 g/mol. The van der Waals surface area contributed by atoms with E-state index >= 15 is 0 Å². The molecule has 0 amide bonds. The van der Waals surface area contributed by atoms with Crippen molar-refractivity contribution in [2.24, 2.45) is 5.92 Å². The molecule has 0 saturated carbocycles. The molecule has 1 spiro atoms. The predicted octanol–water partition coefficient (Wildman–Crippen LogP) is 14.8. The van der Waals surface area contributed by atoms with E-state index in [-0.39, 0.29) is 17.4 Å². The first kappa shape index (κ1) is 36.1. The van der Waals surface area contributed by atoms with Crippen LogP contribution < -0.4 is 4.90 Å². The van der Waals surface area contributed by atoms with Crippen molar-refractivity contribution in [2.75, 3.05) is 4.90 Å². The third-order valence-corrected chi connectivity index (χ3v) is 13.8. The molecule has 0 aromatic heterocycles. The molecular formula is C59H47N. The highest BCUT2D eigenvalue weighted by atomic mass is 15.2. The zero-order valence-electron chi connectivity index (χ0n) is 34.4. The van der Waals surface area contributed by atoms with Gasteiger partial charge in [-0.25, -0.2) is 0 Å². The third-order valence-electron chi connectivity index (χ3n) is 13.8. The van der Waals surface area contributed by atoms with Gasteiger partial charge in [-0.3, -0.25) is 0 Å². The zero-order valence-corrected chi connectivity index (χ0v) is 34.4. The normalized spacial score (nSPS) is 17.7. The smallest absolute Gasteiger partial charge is 0.0685 e. The number of nitrogens with zero attached hydrogens (tertiary/aromatic N) is 1. The highest BCUT2D eigenvalue weighted by Gasteiger charge is 2.56. The minimum atomic E-state index is -0.438. The molecule has 0 N–H and O–H groups in total. The molecule has 1 heteroatoms. The number of allylic oxidation sites excluding steroid dienone is 2. The van der Waals surface area contributed by atoms with Gasteiger partial charge in [-0.15, -0.1) is 0 Å².